The molecule has 4 nitrogen and oxygen atoms in total. The molecule has 38 heavy (non-hydrogen) atoms. The van der Waals surface area contributed by atoms with Crippen molar-refractivity contribution in [3.05, 3.63) is 105 Å². The van der Waals surface area contributed by atoms with Crippen molar-refractivity contribution in [3.63, 3.8) is 0 Å². The summed E-state index contributed by atoms with van der Waals surface area (Å²) in [5.74, 6) is 0.784. The summed E-state index contributed by atoms with van der Waals surface area (Å²) in [5.41, 5.74) is 7.95. The number of aromatic nitrogens is 2. The number of fused-ring (bicyclic) bond motifs is 3. The van der Waals surface area contributed by atoms with Gasteiger partial charge in [-0.25, -0.2) is 9.97 Å². The smallest absolute Gasteiger partial charge is 0.227 e. The van der Waals surface area contributed by atoms with Gasteiger partial charge in [0.2, 0.25) is 5.95 Å². The van der Waals surface area contributed by atoms with Gasteiger partial charge in [-0.05, 0) is 79.4 Å². The zero-order valence-corrected chi connectivity index (χ0v) is 24.1. The van der Waals surface area contributed by atoms with Gasteiger partial charge in [0.15, 0.2) is 0 Å². The van der Waals surface area contributed by atoms with Gasteiger partial charge in [-0.15, -0.1) is 12.4 Å². The van der Waals surface area contributed by atoms with Crippen LogP contribution in [0.4, 0.5) is 11.6 Å². The van der Waals surface area contributed by atoms with Crippen LogP contribution in [0.5, 0.6) is 0 Å². The molecule has 0 fully saturated rings. The lowest BCUT2D eigenvalue weighted by Gasteiger charge is -2.27. The van der Waals surface area contributed by atoms with Crippen molar-refractivity contribution in [1.29, 1.82) is 0 Å². The summed E-state index contributed by atoms with van der Waals surface area (Å²) in [6.45, 7) is 4.43. The molecule has 3 aromatic carbocycles. The van der Waals surface area contributed by atoms with Crippen molar-refractivity contribution in [1.82, 2.24) is 14.9 Å². The van der Waals surface area contributed by atoms with Crippen molar-refractivity contribution in [3.8, 4) is 11.3 Å². The van der Waals surface area contributed by atoms with E-state index in [0.29, 0.717) is 16.0 Å². The summed E-state index contributed by atoms with van der Waals surface area (Å²) in [6, 6.07) is 22.9. The van der Waals surface area contributed by atoms with E-state index in [2.05, 4.69) is 83.8 Å². The normalized spacial score (nSPS) is 14.0. The second-order valence-corrected chi connectivity index (χ2v) is 10.6. The molecule has 4 aromatic rings. The van der Waals surface area contributed by atoms with Crippen molar-refractivity contribution in [2.75, 3.05) is 25.5 Å². The number of likely N-dealkylation sites (N-methyl/N-ethyl adjacent to an activating group) is 1. The molecule has 1 heterocycles. The molecule has 1 N–H and O–H groups in total. The van der Waals surface area contributed by atoms with Crippen LogP contribution in [0.1, 0.15) is 47.9 Å². The van der Waals surface area contributed by atoms with Crippen molar-refractivity contribution in [2.45, 2.75) is 38.5 Å². The maximum atomic E-state index is 6.36. The van der Waals surface area contributed by atoms with E-state index in [1.54, 1.807) is 0 Å². The Morgan fingerprint density at radius 3 is 2.63 bits per heavy atom. The number of halogens is 3. The Bertz CT molecular complexity index is 1390. The Labute approximate surface area is 241 Å². The van der Waals surface area contributed by atoms with E-state index in [9.17, 15) is 0 Å². The first-order valence-electron chi connectivity index (χ1n) is 13.0. The van der Waals surface area contributed by atoms with E-state index >= 15 is 0 Å². The van der Waals surface area contributed by atoms with Crippen LogP contribution in [-0.2, 0) is 12.8 Å². The maximum Gasteiger partial charge on any atom is 0.227 e. The van der Waals surface area contributed by atoms with Gasteiger partial charge in [0.1, 0.15) is 0 Å². The van der Waals surface area contributed by atoms with E-state index in [4.69, 9.17) is 28.2 Å². The number of rotatable bonds is 9. The average Bonchev–Trinajstić information content (AvgIpc) is 2.92. The molecule has 1 aromatic heterocycles. The zero-order valence-electron chi connectivity index (χ0n) is 21.8. The third kappa shape index (κ3) is 6.50. The number of hydrogen-bond donors (Lipinski definition) is 1. The van der Waals surface area contributed by atoms with E-state index < -0.39 is 0 Å². The summed E-state index contributed by atoms with van der Waals surface area (Å²) >= 11 is 12.5. The molecule has 1 aliphatic rings. The first-order valence-corrected chi connectivity index (χ1v) is 13.7. The van der Waals surface area contributed by atoms with Gasteiger partial charge in [-0.3, -0.25) is 0 Å². The van der Waals surface area contributed by atoms with Crippen LogP contribution >= 0.6 is 35.6 Å². The SMILES string of the molecule is CCCCN(C)CCc1cccc(Nc2ncc3c(n2)-c2ccccc2[C@H](c2ccc(Cl)c(Cl)c2)C3)c1.Cl. The highest BCUT2D eigenvalue weighted by atomic mass is 35.5. The minimum Gasteiger partial charge on any atom is -0.324 e. The predicted octanol–water partition coefficient (Wildman–Crippen LogP) is 8.58. The molecule has 1 atom stereocenters. The van der Waals surface area contributed by atoms with Crippen molar-refractivity contribution < 1.29 is 0 Å². The fourth-order valence-electron chi connectivity index (χ4n) is 5.02. The lowest BCUT2D eigenvalue weighted by molar-refractivity contribution is 0.332. The molecule has 0 spiro atoms. The Morgan fingerprint density at radius 1 is 0.974 bits per heavy atom. The van der Waals surface area contributed by atoms with Crippen LogP contribution in [0.15, 0.2) is 72.9 Å². The second-order valence-electron chi connectivity index (χ2n) is 9.82. The highest BCUT2D eigenvalue weighted by Crippen LogP contribution is 2.43. The monoisotopic (exact) mass is 566 g/mol. The first kappa shape index (κ1) is 28.4. The van der Waals surface area contributed by atoms with Crippen LogP contribution in [0, 0.1) is 0 Å². The second kappa shape index (κ2) is 12.9. The van der Waals surface area contributed by atoms with Crippen LogP contribution in [0.2, 0.25) is 10.0 Å². The van der Waals surface area contributed by atoms with E-state index in [1.165, 1.54) is 24.0 Å². The van der Waals surface area contributed by atoms with E-state index in [1.807, 2.05) is 18.3 Å². The van der Waals surface area contributed by atoms with Gasteiger partial charge in [-0.1, -0.05) is 79.0 Å². The van der Waals surface area contributed by atoms with Crippen LogP contribution < -0.4 is 5.32 Å². The molecule has 0 amide bonds. The molecule has 1 aliphatic carbocycles. The molecular weight excluding hydrogens is 535 g/mol. The summed E-state index contributed by atoms with van der Waals surface area (Å²) in [5, 5.41) is 4.58. The third-order valence-corrected chi connectivity index (χ3v) is 7.82. The van der Waals surface area contributed by atoms with Crippen LogP contribution in [0.25, 0.3) is 11.3 Å². The first-order chi connectivity index (χ1) is 18.0. The number of hydrogen-bond acceptors (Lipinski definition) is 4. The van der Waals surface area contributed by atoms with Gasteiger partial charge in [0.25, 0.3) is 0 Å². The molecule has 0 saturated carbocycles. The van der Waals surface area contributed by atoms with Crippen LogP contribution in [-0.4, -0.2) is 35.0 Å². The molecule has 0 unspecified atom stereocenters. The minimum atomic E-state index is 0. The lowest BCUT2D eigenvalue weighted by Crippen LogP contribution is -2.22. The van der Waals surface area contributed by atoms with Gasteiger partial charge in [0.05, 0.1) is 15.7 Å². The Balaban J connectivity index is 0.00000336. The summed E-state index contributed by atoms with van der Waals surface area (Å²) in [6.07, 6.45) is 6.25. The Hall–Kier alpha value is -2.63. The highest BCUT2D eigenvalue weighted by molar-refractivity contribution is 6.42. The number of nitrogens with zero attached hydrogens (tertiary/aromatic N) is 3. The number of unbranched alkanes of at least 4 members (excludes halogenated alkanes) is 1. The van der Waals surface area contributed by atoms with Crippen molar-refractivity contribution >= 4 is 47.2 Å². The highest BCUT2D eigenvalue weighted by Gasteiger charge is 2.27. The average molecular weight is 568 g/mol. The minimum absolute atomic E-state index is 0. The molecule has 198 valence electrons. The molecule has 7 heteroatoms. The Kier molecular flexibility index (Phi) is 9.67. The maximum absolute atomic E-state index is 6.36. The van der Waals surface area contributed by atoms with Gasteiger partial charge >= 0.3 is 0 Å². The van der Waals surface area contributed by atoms with E-state index in [0.717, 1.165) is 54.0 Å². The molecule has 5 rings (SSSR count). The number of nitrogens with one attached hydrogen (secondary N) is 1. The van der Waals surface area contributed by atoms with Gasteiger partial charge < -0.3 is 10.2 Å². The number of anilines is 2. The quantitative estimate of drug-likeness (QED) is 0.220. The van der Waals surface area contributed by atoms with Gasteiger partial charge in [-0.2, -0.15) is 0 Å². The molecular formula is C31H33Cl3N4. The summed E-state index contributed by atoms with van der Waals surface area (Å²) < 4.78 is 0. The Morgan fingerprint density at radius 2 is 1.82 bits per heavy atom. The summed E-state index contributed by atoms with van der Waals surface area (Å²) in [4.78, 5) is 12.1. The fraction of sp³-hybridized carbons (Fsp3) is 0.290. The topological polar surface area (TPSA) is 41.0 Å². The largest absolute Gasteiger partial charge is 0.324 e. The van der Waals surface area contributed by atoms with Crippen LogP contribution in [0.3, 0.4) is 0 Å². The van der Waals surface area contributed by atoms with Gasteiger partial charge in [0, 0.05) is 29.9 Å². The standard InChI is InChI=1S/C31H32Cl2N4.ClH/c1-3-4-15-37(2)16-14-21-8-7-9-24(17-21)35-31-34-20-23-18-27(22-12-13-28(32)29(33)19-22)25-10-5-6-11-26(25)30(23)36-31;/h5-13,17,19-20,27H,3-4,14-16,18H2,1-2H3,(H,34,35,36);1H/t27-;/m0./s1. The third-order valence-electron chi connectivity index (χ3n) is 7.08. The van der Waals surface area contributed by atoms with Crippen molar-refractivity contribution in [2.24, 2.45) is 0 Å². The molecule has 0 radical (unpaired) electrons. The molecule has 0 aliphatic heterocycles. The number of benzene rings is 3. The molecule has 0 saturated heterocycles. The predicted molar refractivity (Wildman–Crippen MR) is 163 cm³/mol. The molecule has 0 bridgehead atoms. The summed E-state index contributed by atoms with van der Waals surface area (Å²) in [7, 11) is 2.20. The zero-order chi connectivity index (χ0) is 25.8. The van der Waals surface area contributed by atoms with E-state index in [-0.39, 0.29) is 18.3 Å². The fourth-order valence-corrected chi connectivity index (χ4v) is 5.32. The lowest BCUT2D eigenvalue weighted by atomic mass is 9.78.